The molecule has 1 aromatic heterocycles. The quantitative estimate of drug-likeness (QED) is 0.262. The van der Waals surface area contributed by atoms with E-state index in [1.165, 1.54) is 16.3 Å². The maximum absolute atomic E-state index is 13.5. The third-order valence-corrected chi connectivity index (χ3v) is 7.18. The molecule has 0 N–H and O–H groups in total. The summed E-state index contributed by atoms with van der Waals surface area (Å²) in [4.78, 5) is 21.3. The predicted molar refractivity (Wildman–Crippen MR) is 141 cm³/mol. The Hall–Kier alpha value is -3.76. The number of amides is 1. The van der Waals surface area contributed by atoms with E-state index in [4.69, 9.17) is 4.98 Å². The van der Waals surface area contributed by atoms with Crippen LogP contribution in [-0.4, -0.2) is 10.9 Å². The first-order chi connectivity index (χ1) is 16.7. The molecule has 1 heterocycles. The van der Waals surface area contributed by atoms with Gasteiger partial charge in [-0.05, 0) is 41.0 Å². The second kappa shape index (κ2) is 10.0. The molecule has 5 aromatic rings. The van der Waals surface area contributed by atoms with E-state index in [2.05, 4.69) is 54.6 Å². The van der Waals surface area contributed by atoms with Gasteiger partial charge in [0, 0.05) is 17.0 Å². The Morgan fingerprint density at radius 2 is 1.50 bits per heavy atom. The molecule has 0 spiro atoms. The lowest BCUT2D eigenvalue weighted by Gasteiger charge is -2.23. The van der Waals surface area contributed by atoms with Gasteiger partial charge in [-0.25, -0.2) is 4.98 Å². The molecule has 0 saturated carbocycles. The fourth-order valence-electron chi connectivity index (χ4n) is 4.27. The zero-order valence-corrected chi connectivity index (χ0v) is 20.0. The van der Waals surface area contributed by atoms with Crippen molar-refractivity contribution >= 4 is 33.7 Å². The molecular weight excluding hydrogens is 436 g/mol. The number of carbonyl (C=O) groups is 1. The van der Waals surface area contributed by atoms with Crippen molar-refractivity contribution in [2.24, 2.45) is 0 Å². The molecule has 0 atom stereocenters. The molecule has 4 heteroatoms. The van der Waals surface area contributed by atoms with Crippen LogP contribution in [0.2, 0.25) is 0 Å². The van der Waals surface area contributed by atoms with Gasteiger partial charge in [0.1, 0.15) is 0 Å². The van der Waals surface area contributed by atoms with Crippen molar-refractivity contribution in [2.45, 2.75) is 26.3 Å². The smallest absolute Gasteiger partial charge is 0.232 e. The van der Waals surface area contributed by atoms with E-state index >= 15 is 0 Å². The number of thiazole rings is 1. The molecular formula is C30H26N2OS. The second-order valence-electron chi connectivity index (χ2n) is 8.41. The summed E-state index contributed by atoms with van der Waals surface area (Å²) in [6, 6.07) is 34.9. The monoisotopic (exact) mass is 462 g/mol. The molecule has 0 bridgehead atoms. The molecule has 0 fully saturated rings. The topological polar surface area (TPSA) is 33.2 Å². The highest BCUT2D eigenvalue weighted by atomic mass is 32.1. The fraction of sp³-hybridized carbons (Fsp3) is 0.133. The number of anilines is 1. The van der Waals surface area contributed by atoms with Crippen molar-refractivity contribution < 1.29 is 4.79 Å². The third kappa shape index (κ3) is 4.92. The average molecular weight is 463 g/mol. The zero-order valence-electron chi connectivity index (χ0n) is 19.1. The van der Waals surface area contributed by atoms with Crippen LogP contribution < -0.4 is 4.90 Å². The molecule has 5 rings (SSSR count). The Morgan fingerprint density at radius 3 is 2.29 bits per heavy atom. The molecule has 4 aromatic carbocycles. The average Bonchev–Trinajstić information content (AvgIpc) is 3.22. The first kappa shape index (κ1) is 22.1. The first-order valence-corrected chi connectivity index (χ1v) is 12.3. The van der Waals surface area contributed by atoms with Crippen LogP contribution in [0.1, 0.15) is 26.7 Å². The van der Waals surface area contributed by atoms with Crippen molar-refractivity contribution in [1.29, 1.82) is 0 Å². The molecule has 168 valence electrons. The van der Waals surface area contributed by atoms with Crippen LogP contribution >= 0.6 is 11.3 Å². The highest BCUT2D eigenvalue weighted by Gasteiger charge is 2.20. The maximum Gasteiger partial charge on any atom is 0.232 e. The lowest BCUT2D eigenvalue weighted by Crippen LogP contribution is -2.31. The van der Waals surface area contributed by atoms with Crippen molar-refractivity contribution in [2.75, 3.05) is 4.90 Å². The van der Waals surface area contributed by atoms with Crippen molar-refractivity contribution in [3.63, 3.8) is 0 Å². The lowest BCUT2D eigenvalue weighted by atomic mass is 10.0. The number of aromatic nitrogens is 1. The van der Waals surface area contributed by atoms with E-state index in [-0.39, 0.29) is 5.91 Å². The molecule has 0 radical (unpaired) electrons. The molecule has 0 aliphatic carbocycles. The molecule has 0 aliphatic heterocycles. The highest BCUT2D eigenvalue weighted by molar-refractivity contribution is 7.11. The van der Waals surface area contributed by atoms with Gasteiger partial charge in [-0.3, -0.25) is 4.79 Å². The van der Waals surface area contributed by atoms with Crippen LogP contribution in [0, 0.1) is 6.92 Å². The van der Waals surface area contributed by atoms with Crippen LogP contribution in [0.3, 0.4) is 0 Å². The van der Waals surface area contributed by atoms with E-state index in [0.717, 1.165) is 33.3 Å². The van der Waals surface area contributed by atoms with Gasteiger partial charge in [-0.15, -0.1) is 11.3 Å². The summed E-state index contributed by atoms with van der Waals surface area (Å²) in [5, 5.41) is 3.54. The van der Waals surface area contributed by atoms with E-state index < -0.39 is 0 Å². The lowest BCUT2D eigenvalue weighted by molar-refractivity contribution is -0.118. The molecule has 34 heavy (non-hydrogen) atoms. The number of benzene rings is 4. The van der Waals surface area contributed by atoms with Crippen molar-refractivity contribution in [1.82, 2.24) is 4.98 Å². The standard InChI is InChI=1S/C30H26N2OS/c1-22-28(34-29(31-22)19-25-15-10-14-24-13-8-9-18-27(24)25)20-30(33)32(26-16-6-3-7-17-26)21-23-11-4-2-5-12-23/h2-18H,19-21H2,1H3. The van der Waals surface area contributed by atoms with E-state index in [1.807, 2.05) is 60.4 Å². The summed E-state index contributed by atoms with van der Waals surface area (Å²) >= 11 is 1.65. The van der Waals surface area contributed by atoms with Gasteiger partial charge in [0.2, 0.25) is 5.91 Å². The van der Waals surface area contributed by atoms with Crippen LogP contribution in [0.25, 0.3) is 10.8 Å². The number of hydrogen-bond acceptors (Lipinski definition) is 3. The van der Waals surface area contributed by atoms with Gasteiger partial charge in [-0.1, -0.05) is 91.0 Å². The van der Waals surface area contributed by atoms with Crippen molar-refractivity contribution in [3.8, 4) is 0 Å². The Balaban J connectivity index is 1.38. The summed E-state index contributed by atoms with van der Waals surface area (Å²) in [5.41, 5.74) is 4.23. The number of aryl methyl sites for hydroxylation is 1. The number of hydrogen-bond donors (Lipinski definition) is 0. The van der Waals surface area contributed by atoms with Crippen LogP contribution in [0.5, 0.6) is 0 Å². The first-order valence-electron chi connectivity index (χ1n) is 11.5. The minimum absolute atomic E-state index is 0.0820. The fourth-order valence-corrected chi connectivity index (χ4v) is 5.35. The van der Waals surface area contributed by atoms with Crippen LogP contribution in [-0.2, 0) is 24.2 Å². The van der Waals surface area contributed by atoms with Gasteiger partial charge in [-0.2, -0.15) is 0 Å². The number of rotatable bonds is 7. The third-order valence-electron chi connectivity index (χ3n) is 6.02. The van der Waals surface area contributed by atoms with Gasteiger partial charge in [0.05, 0.1) is 23.7 Å². The largest absolute Gasteiger partial charge is 0.308 e. The predicted octanol–water partition coefficient (Wildman–Crippen LogP) is 6.97. The normalized spacial score (nSPS) is 11.0. The highest BCUT2D eigenvalue weighted by Crippen LogP contribution is 2.27. The number of carbonyl (C=O) groups excluding carboxylic acids is 1. The summed E-state index contributed by atoms with van der Waals surface area (Å²) in [7, 11) is 0. The van der Waals surface area contributed by atoms with Crippen LogP contribution in [0.15, 0.2) is 103 Å². The number of fused-ring (bicyclic) bond motifs is 1. The maximum atomic E-state index is 13.5. The number of nitrogens with zero attached hydrogens (tertiary/aromatic N) is 2. The summed E-state index contributed by atoms with van der Waals surface area (Å²) in [5.74, 6) is 0.0820. The zero-order chi connectivity index (χ0) is 23.3. The van der Waals surface area contributed by atoms with Gasteiger partial charge in [0.15, 0.2) is 0 Å². The Labute approximate surface area is 204 Å². The van der Waals surface area contributed by atoms with Crippen molar-refractivity contribution in [3.05, 3.63) is 130 Å². The Kier molecular flexibility index (Phi) is 6.50. The Bertz CT molecular complexity index is 1400. The van der Waals surface area contributed by atoms with E-state index in [0.29, 0.717) is 13.0 Å². The van der Waals surface area contributed by atoms with E-state index in [9.17, 15) is 4.79 Å². The molecule has 0 aliphatic rings. The van der Waals surface area contributed by atoms with E-state index in [1.54, 1.807) is 11.3 Å². The van der Waals surface area contributed by atoms with Gasteiger partial charge >= 0.3 is 0 Å². The summed E-state index contributed by atoms with van der Waals surface area (Å²) in [6.45, 7) is 2.56. The summed E-state index contributed by atoms with van der Waals surface area (Å²) < 4.78 is 0. The molecule has 1 amide bonds. The minimum Gasteiger partial charge on any atom is -0.308 e. The summed E-state index contributed by atoms with van der Waals surface area (Å²) in [6.07, 6.45) is 1.12. The van der Waals surface area contributed by atoms with Gasteiger partial charge in [0.25, 0.3) is 0 Å². The molecule has 0 saturated heterocycles. The molecule has 3 nitrogen and oxygen atoms in total. The van der Waals surface area contributed by atoms with Crippen LogP contribution in [0.4, 0.5) is 5.69 Å². The SMILES string of the molecule is Cc1nc(Cc2cccc3ccccc23)sc1CC(=O)N(Cc1ccccc1)c1ccccc1. The minimum atomic E-state index is 0.0820. The molecule has 0 unspecified atom stereocenters. The number of para-hydroxylation sites is 1. The Morgan fingerprint density at radius 1 is 0.824 bits per heavy atom. The van der Waals surface area contributed by atoms with Gasteiger partial charge < -0.3 is 4.90 Å². The second-order valence-corrected chi connectivity index (χ2v) is 9.58.